The lowest BCUT2D eigenvalue weighted by molar-refractivity contribution is 0.0115. The van der Waals surface area contributed by atoms with E-state index >= 15 is 0 Å². The fraction of sp³-hybridized carbons (Fsp3) is 0.448. The molecule has 0 bridgehead atoms. The van der Waals surface area contributed by atoms with Crippen LogP contribution in [-0.2, 0) is 6.54 Å². The van der Waals surface area contributed by atoms with Gasteiger partial charge in [-0.1, -0.05) is 0 Å². The van der Waals surface area contributed by atoms with Gasteiger partial charge >= 0.3 is 0 Å². The Morgan fingerprint density at radius 3 is 2.78 bits per heavy atom. The Hall–Kier alpha value is -3.95. The number of alkyl halides is 2. The summed E-state index contributed by atoms with van der Waals surface area (Å²) in [5, 5.41) is 15.0. The predicted molar refractivity (Wildman–Crippen MR) is 146 cm³/mol. The molecular formula is C29H31F3N8O. The molecule has 3 aromatic heterocycles. The lowest BCUT2D eigenvalue weighted by atomic mass is 10.1. The monoisotopic (exact) mass is 564 g/mol. The number of rotatable bonds is 9. The number of hydrogen-bond acceptors (Lipinski definition) is 7. The van der Waals surface area contributed by atoms with Gasteiger partial charge in [-0.3, -0.25) is 9.58 Å². The standard InChI is InChI=1S/C29H31F3N8O/c30-22-11-20(15-39-10-5-29(31,32)18-39)12-25(13-22)41-24-3-8-38(9-4-24)17-23(1-6-33)40-16-21(14-37-40)27-26-2-7-34-28(26)36-19-35-27/h2,7,11-14,16,19,23-24H,1,3-5,8-10,15,17-18H2,(H,34,35,36). The smallest absolute Gasteiger partial charge is 0.261 e. The molecule has 6 rings (SSSR count). The van der Waals surface area contributed by atoms with Crippen molar-refractivity contribution in [2.75, 3.05) is 32.7 Å². The average Bonchev–Trinajstić information content (AvgIpc) is 3.69. The van der Waals surface area contributed by atoms with Gasteiger partial charge in [0.25, 0.3) is 5.92 Å². The minimum absolute atomic E-state index is 0.0794. The number of benzene rings is 1. The molecule has 1 atom stereocenters. The Bertz CT molecular complexity index is 1540. The van der Waals surface area contributed by atoms with Gasteiger partial charge in [0.1, 0.15) is 29.6 Å². The van der Waals surface area contributed by atoms with Gasteiger partial charge in [0, 0.05) is 68.6 Å². The highest BCUT2D eigenvalue weighted by Gasteiger charge is 2.38. The average molecular weight is 565 g/mol. The van der Waals surface area contributed by atoms with Gasteiger partial charge in [-0.05, 0) is 36.6 Å². The third kappa shape index (κ3) is 6.36. The molecule has 2 fully saturated rings. The molecule has 9 nitrogen and oxygen atoms in total. The maximum absolute atomic E-state index is 14.3. The number of nitrogens with one attached hydrogen (secondary N) is 1. The minimum atomic E-state index is -2.68. The van der Waals surface area contributed by atoms with E-state index in [1.54, 1.807) is 17.2 Å². The van der Waals surface area contributed by atoms with Crippen molar-refractivity contribution in [3.8, 4) is 23.1 Å². The third-order valence-electron chi connectivity index (χ3n) is 7.82. The van der Waals surface area contributed by atoms with E-state index < -0.39 is 11.7 Å². The molecular weight excluding hydrogens is 533 g/mol. The molecule has 0 aliphatic carbocycles. The molecule has 1 N–H and O–H groups in total. The van der Waals surface area contributed by atoms with Crippen molar-refractivity contribution in [3.05, 3.63) is 60.6 Å². The van der Waals surface area contributed by atoms with E-state index in [-0.39, 0.29) is 31.7 Å². The van der Waals surface area contributed by atoms with E-state index in [4.69, 9.17) is 4.74 Å². The van der Waals surface area contributed by atoms with Crippen LogP contribution >= 0.6 is 0 Å². The van der Waals surface area contributed by atoms with Crippen LogP contribution in [0.25, 0.3) is 22.3 Å². The van der Waals surface area contributed by atoms with Crippen LogP contribution in [0.15, 0.2) is 49.2 Å². The minimum Gasteiger partial charge on any atom is -0.490 e. The van der Waals surface area contributed by atoms with Crippen LogP contribution in [-0.4, -0.2) is 79.3 Å². The maximum atomic E-state index is 14.3. The molecule has 0 spiro atoms. The molecule has 2 saturated heterocycles. The first kappa shape index (κ1) is 27.2. The van der Waals surface area contributed by atoms with E-state index in [2.05, 4.69) is 31.0 Å². The highest BCUT2D eigenvalue weighted by atomic mass is 19.3. The van der Waals surface area contributed by atoms with E-state index in [9.17, 15) is 18.4 Å². The Morgan fingerprint density at radius 1 is 1.15 bits per heavy atom. The van der Waals surface area contributed by atoms with Crippen molar-refractivity contribution >= 4 is 11.0 Å². The number of ether oxygens (including phenoxy) is 1. The molecule has 41 heavy (non-hydrogen) atoms. The van der Waals surface area contributed by atoms with Gasteiger partial charge in [0.15, 0.2) is 0 Å². The Balaban J connectivity index is 1.05. The molecule has 214 valence electrons. The number of H-pyrrole nitrogens is 1. The lowest BCUT2D eigenvalue weighted by Crippen LogP contribution is -2.41. The van der Waals surface area contributed by atoms with Gasteiger partial charge in [-0.2, -0.15) is 10.4 Å². The third-order valence-corrected chi connectivity index (χ3v) is 7.82. The van der Waals surface area contributed by atoms with Gasteiger partial charge in [0.05, 0.1) is 37.0 Å². The zero-order chi connectivity index (χ0) is 28.4. The number of fused-ring (bicyclic) bond motifs is 1. The van der Waals surface area contributed by atoms with Crippen molar-refractivity contribution in [1.82, 2.24) is 34.5 Å². The number of aromatic nitrogens is 5. The largest absolute Gasteiger partial charge is 0.490 e. The predicted octanol–water partition coefficient (Wildman–Crippen LogP) is 4.80. The number of piperidine rings is 1. The second kappa shape index (κ2) is 11.5. The quantitative estimate of drug-likeness (QED) is 0.312. The van der Waals surface area contributed by atoms with Gasteiger partial charge in [-0.15, -0.1) is 0 Å². The summed E-state index contributed by atoms with van der Waals surface area (Å²) in [6.45, 7) is 2.45. The van der Waals surface area contributed by atoms with Crippen molar-refractivity contribution in [2.24, 2.45) is 0 Å². The molecule has 12 heteroatoms. The normalized spacial score (nSPS) is 19.0. The molecule has 0 amide bonds. The molecule has 0 radical (unpaired) electrons. The van der Waals surface area contributed by atoms with Crippen LogP contribution in [0, 0.1) is 17.1 Å². The van der Waals surface area contributed by atoms with Crippen LogP contribution in [0.1, 0.15) is 37.3 Å². The maximum Gasteiger partial charge on any atom is 0.261 e. The molecule has 2 aliphatic heterocycles. The van der Waals surface area contributed by atoms with Crippen molar-refractivity contribution in [3.63, 3.8) is 0 Å². The summed E-state index contributed by atoms with van der Waals surface area (Å²) < 4.78 is 49.4. The lowest BCUT2D eigenvalue weighted by Gasteiger charge is -2.34. The zero-order valence-electron chi connectivity index (χ0n) is 22.5. The Labute approximate surface area is 235 Å². The first-order valence-corrected chi connectivity index (χ1v) is 13.8. The number of likely N-dealkylation sites (tertiary alicyclic amines) is 2. The topological polar surface area (TPSA) is 98.9 Å². The highest BCUT2D eigenvalue weighted by Crippen LogP contribution is 2.30. The number of nitriles is 1. The van der Waals surface area contributed by atoms with E-state index in [1.165, 1.54) is 18.5 Å². The number of aromatic amines is 1. The fourth-order valence-electron chi connectivity index (χ4n) is 5.79. The first-order valence-electron chi connectivity index (χ1n) is 13.8. The molecule has 2 aliphatic rings. The van der Waals surface area contributed by atoms with Crippen LogP contribution in [0.3, 0.4) is 0 Å². The summed E-state index contributed by atoms with van der Waals surface area (Å²) in [7, 11) is 0. The van der Waals surface area contributed by atoms with Crippen molar-refractivity contribution < 1.29 is 17.9 Å². The van der Waals surface area contributed by atoms with Crippen LogP contribution < -0.4 is 4.74 Å². The van der Waals surface area contributed by atoms with Crippen LogP contribution in [0.4, 0.5) is 13.2 Å². The summed E-state index contributed by atoms with van der Waals surface area (Å²) in [5.74, 6) is -2.69. The molecule has 4 aromatic rings. The van der Waals surface area contributed by atoms with Crippen molar-refractivity contribution in [2.45, 2.75) is 50.3 Å². The Morgan fingerprint density at radius 2 is 2.00 bits per heavy atom. The fourth-order valence-corrected chi connectivity index (χ4v) is 5.79. The molecule has 1 unspecified atom stereocenters. The van der Waals surface area contributed by atoms with Gasteiger partial charge < -0.3 is 14.6 Å². The number of hydrogen-bond donors (Lipinski definition) is 1. The first-order chi connectivity index (χ1) is 19.8. The number of halogens is 3. The van der Waals surface area contributed by atoms with Crippen molar-refractivity contribution in [1.29, 1.82) is 5.26 Å². The highest BCUT2D eigenvalue weighted by molar-refractivity contribution is 5.89. The Kier molecular flexibility index (Phi) is 7.64. The number of nitrogens with zero attached hydrogens (tertiary/aromatic N) is 7. The summed E-state index contributed by atoms with van der Waals surface area (Å²) in [6.07, 6.45) is 8.61. The molecule has 5 heterocycles. The molecule has 0 saturated carbocycles. The van der Waals surface area contributed by atoms with Gasteiger partial charge in [-0.25, -0.2) is 23.1 Å². The second-order valence-corrected chi connectivity index (χ2v) is 10.9. The van der Waals surface area contributed by atoms with E-state index in [0.717, 1.165) is 48.2 Å². The SMILES string of the molecule is N#CCC(CN1CCC(Oc2cc(F)cc(CN3CCC(F)(F)C3)c2)CC1)n1cc(-c2ncnc3[nH]ccc23)cn1. The van der Waals surface area contributed by atoms with Crippen LogP contribution in [0.2, 0.25) is 0 Å². The second-order valence-electron chi connectivity index (χ2n) is 10.9. The molecule has 1 aromatic carbocycles. The van der Waals surface area contributed by atoms with Crippen LogP contribution in [0.5, 0.6) is 5.75 Å². The summed E-state index contributed by atoms with van der Waals surface area (Å²) in [4.78, 5) is 15.7. The van der Waals surface area contributed by atoms with E-state index in [1.807, 2.05) is 23.1 Å². The summed E-state index contributed by atoms with van der Waals surface area (Å²) in [5.41, 5.74) is 3.04. The zero-order valence-corrected chi connectivity index (χ0v) is 22.5. The summed E-state index contributed by atoms with van der Waals surface area (Å²) in [6, 6.07) is 8.58. The van der Waals surface area contributed by atoms with E-state index in [0.29, 0.717) is 30.8 Å². The van der Waals surface area contributed by atoms with Gasteiger partial charge in [0.2, 0.25) is 0 Å². The summed E-state index contributed by atoms with van der Waals surface area (Å²) >= 11 is 0.